The minimum atomic E-state index is -0.548. The highest BCUT2D eigenvalue weighted by Crippen LogP contribution is 2.66. The first kappa shape index (κ1) is 20.6. The predicted molar refractivity (Wildman–Crippen MR) is 126 cm³/mol. The van der Waals surface area contributed by atoms with Crippen LogP contribution in [0.3, 0.4) is 0 Å². The highest BCUT2D eigenvalue weighted by Gasteiger charge is 2.69. The van der Waals surface area contributed by atoms with Gasteiger partial charge in [0, 0.05) is 30.5 Å². The van der Waals surface area contributed by atoms with E-state index in [0.29, 0.717) is 17.9 Å². The fourth-order valence-corrected chi connectivity index (χ4v) is 7.29. The monoisotopic (exact) mass is 416 g/mol. The summed E-state index contributed by atoms with van der Waals surface area (Å²) in [5.74, 6) is 0.851. The van der Waals surface area contributed by atoms with E-state index >= 15 is 0 Å². The Morgan fingerprint density at radius 2 is 1.77 bits per heavy atom. The van der Waals surface area contributed by atoms with Gasteiger partial charge in [0.05, 0.1) is 11.5 Å². The number of nitrogens with zero attached hydrogens (tertiary/aromatic N) is 3. The van der Waals surface area contributed by atoms with Crippen LogP contribution in [0.25, 0.3) is 11.1 Å². The molecular weight excluding hydrogens is 386 g/mol. The summed E-state index contributed by atoms with van der Waals surface area (Å²) in [5.41, 5.74) is 10.3. The van der Waals surface area contributed by atoms with Crippen LogP contribution in [-0.2, 0) is 21.4 Å². The lowest BCUT2D eigenvalue weighted by Crippen LogP contribution is -2.61. The van der Waals surface area contributed by atoms with Crippen LogP contribution in [0.4, 0.5) is 0 Å². The normalized spacial score (nSPS) is 35.7. The van der Waals surface area contributed by atoms with Gasteiger partial charge in [-0.15, -0.1) is 0 Å². The van der Waals surface area contributed by atoms with Crippen LogP contribution >= 0.6 is 0 Å². The molecule has 2 aromatic rings. The average Bonchev–Trinajstić information content (AvgIpc) is 3.12. The molecule has 5 atom stereocenters. The van der Waals surface area contributed by atoms with Crippen molar-refractivity contribution in [2.75, 3.05) is 7.11 Å². The Bertz CT molecular complexity index is 1030. The molecule has 5 rings (SSSR count). The third kappa shape index (κ3) is 2.73. The molecule has 160 valence electrons. The first-order chi connectivity index (χ1) is 14.7. The molecule has 0 amide bonds. The van der Waals surface area contributed by atoms with Crippen LogP contribution in [0.5, 0.6) is 0 Å². The molecule has 1 aliphatic heterocycles. The van der Waals surface area contributed by atoms with Gasteiger partial charge in [0.25, 0.3) is 6.02 Å². The molecule has 6 nitrogen and oxygen atoms in total. The molecule has 2 N–H and O–H groups in total. The van der Waals surface area contributed by atoms with E-state index in [-0.39, 0.29) is 11.5 Å². The van der Waals surface area contributed by atoms with Gasteiger partial charge in [-0.25, -0.2) is 15.0 Å². The van der Waals surface area contributed by atoms with Gasteiger partial charge in [0.2, 0.25) is 0 Å². The van der Waals surface area contributed by atoms with Crippen molar-refractivity contribution in [3.05, 3.63) is 48.0 Å². The van der Waals surface area contributed by atoms with Crippen LogP contribution in [0.15, 0.2) is 41.9 Å². The number of fused-ring (bicyclic) bond motifs is 3. The van der Waals surface area contributed by atoms with E-state index in [9.17, 15) is 0 Å². The lowest BCUT2D eigenvalue weighted by Gasteiger charge is -2.55. The summed E-state index contributed by atoms with van der Waals surface area (Å²) in [5, 5.41) is -0.548. The fraction of sp³-hybridized carbons (Fsp3) is 0.522. The topological polar surface area (TPSA) is 82.6 Å². The Kier molecular flexibility index (Phi) is 4.53. The second-order valence-electron chi connectivity index (χ2n) is 10.3. The third-order valence-electron chi connectivity index (χ3n) is 8.02. The van der Waals surface area contributed by atoms with E-state index in [1.807, 2.05) is 19.5 Å². The smallest absolute Gasteiger partial charge is 0.282 e. The summed E-state index contributed by atoms with van der Waals surface area (Å²) in [4.78, 5) is 13.6. The first-order valence-electron chi connectivity index (χ1n) is 11.2. The van der Waals surface area contributed by atoms with Crippen molar-refractivity contribution in [1.29, 1.82) is 0 Å². The average molecular weight is 416 g/mol. The third-order valence-corrected chi connectivity index (χ3v) is 8.02. The second kappa shape index (κ2) is 6.83. The van der Waals surface area contributed by atoms with E-state index in [1.165, 1.54) is 11.1 Å². The maximum atomic E-state index is 6.27. The van der Waals surface area contributed by atoms with Crippen molar-refractivity contribution < 1.29 is 9.47 Å². The number of aromatic nitrogens is 2. The summed E-state index contributed by atoms with van der Waals surface area (Å²) in [6.07, 6.45) is 8.55. The summed E-state index contributed by atoms with van der Waals surface area (Å²) >= 11 is 0. The number of methoxy groups -OCH3 is 1. The van der Waals surface area contributed by atoms with Gasteiger partial charge in [-0.3, -0.25) is 0 Å². The quantitative estimate of drug-likeness (QED) is 0.745. The van der Waals surface area contributed by atoms with Crippen molar-refractivity contribution in [1.82, 2.24) is 9.97 Å². The maximum Gasteiger partial charge on any atom is 0.282 e. The molecule has 1 fully saturated rings. The molecule has 1 aromatic heterocycles. The van der Waals surface area contributed by atoms with Crippen LogP contribution in [0, 0.1) is 17.3 Å². The zero-order chi connectivity index (χ0) is 22.0. The molecule has 8 heteroatoms. The Balaban J connectivity index is 1.71. The van der Waals surface area contributed by atoms with Crippen LogP contribution in [0.1, 0.15) is 37.8 Å². The Labute approximate surface area is 185 Å². The summed E-state index contributed by atoms with van der Waals surface area (Å²) in [6.45, 7) is 4.62. The number of hydrogen-bond donors (Lipinski definition) is 1. The van der Waals surface area contributed by atoms with Crippen LogP contribution in [0.2, 0.25) is 0 Å². The lowest BCUT2D eigenvalue weighted by atomic mass is 9.43. The molecule has 3 aliphatic rings. The lowest BCUT2D eigenvalue weighted by molar-refractivity contribution is -0.0865. The zero-order valence-electron chi connectivity index (χ0n) is 19.1. The summed E-state index contributed by atoms with van der Waals surface area (Å²) < 4.78 is 12.1. The molecule has 0 saturated heterocycles. The minimum absolute atomic E-state index is 0.0698. The Hall–Kier alpha value is -2.34. The van der Waals surface area contributed by atoms with Gasteiger partial charge in [-0.2, -0.15) is 0 Å². The van der Waals surface area contributed by atoms with Gasteiger partial charge in [-0.05, 0) is 53.9 Å². The van der Waals surface area contributed by atoms with Crippen molar-refractivity contribution in [2.45, 2.75) is 50.2 Å². The summed E-state index contributed by atoms with van der Waals surface area (Å²) in [7, 11) is 6.12. The largest absolute Gasteiger partial charge is 0.475 e. The maximum absolute atomic E-state index is 6.27. The number of rotatable bonds is 2. The van der Waals surface area contributed by atoms with E-state index in [2.05, 4.69) is 57.7 Å². The number of benzene rings is 1. The first-order valence-corrected chi connectivity index (χ1v) is 11.2. The number of amidine groups is 1. The van der Waals surface area contributed by atoms with Gasteiger partial charge in [0.15, 0.2) is 15.7 Å². The standard InChI is InChI=1S/C23H30B2N4O2/c1-13-7-21(8-14(2)19(13)30-3)9-16-5-4-15(17-10-27-12-28-11-17)6-18(16)22(21)23(24,25)31-20(26)29-22/h4-6,10-14,19H,7-9,24-25H2,1-3H3,(H2,26,29)/t13-,14+,19+,21+,22?. The van der Waals surface area contributed by atoms with E-state index < -0.39 is 10.9 Å². The van der Waals surface area contributed by atoms with Gasteiger partial charge >= 0.3 is 0 Å². The van der Waals surface area contributed by atoms with Crippen molar-refractivity contribution in [2.24, 2.45) is 28.0 Å². The number of ether oxygens (including phenoxy) is 2. The van der Waals surface area contributed by atoms with Crippen molar-refractivity contribution >= 4 is 21.7 Å². The van der Waals surface area contributed by atoms with E-state index in [1.54, 1.807) is 6.33 Å². The van der Waals surface area contributed by atoms with E-state index in [4.69, 9.17) is 20.2 Å². The molecule has 0 radical (unpaired) electrons. The van der Waals surface area contributed by atoms with Crippen molar-refractivity contribution in [3.63, 3.8) is 0 Å². The van der Waals surface area contributed by atoms with Gasteiger partial charge in [0.1, 0.15) is 11.9 Å². The second-order valence-corrected chi connectivity index (χ2v) is 10.3. The number of hydrogen-bond acceptors (Lipinski definition) is 6. The predicted octanol–water partition coefficient (Wildman–Crippen LogP) is 1.23. The SMILES string of the molecule is BC1(B)OC(N)=NC12c1cc(-c3cncnc3)ccc1C[C@@]21C[C@@H](C)[C@H](OC)[C@@H](C)C1. The molecule has 2 spiro atoms. The zero-order valence-corrected chi connectivity index (χ0v) is 19.1. The summed E-state index contributed by atoms with van der Waals surface area (Å²) in [6, 6.07) is 6.99. The Morgan fingerprint density at radius 1 is 1.10 bits per heavy atom. The molecule has 0 bridgehead atoms. The Morgan fingerprint density at radius 3 is 2.35 bits per heavy atom. The molecule has 1 saturated carbocycles. The highest BCUT2D eigenvalue weighted by atomic mass is 16.5. The van der Waals surface area contributed by atoms with Gasteiger partial charge in [-0.1, -0.05) is 26.0 Å². The molecular formula is C23H30B2N4O2. The highest BCUT2D eigenvalue weighted by molar-refractivity contribution is 6.41. The molecule has 1 aromatic carbocycles. The molecule has 31 heavy (non-hydrogen) atoms. The molecule has 2 aliphatic carbocycles. The number of nitrogens with two attached hydrogens (primary N) is 1. The molecule has 2 heterocycles. The number of aliphatic imine (C=N–C) groups is 1. The van der Waals surface area contributed by atoms with Crippen LogP contribution < -0.4 is 5.73 Å². The minimum Gasteiger partial charge on any atom is -0.475 e. The fourth-order valence-electron chi connectivity index (χ4n) is 7.29. The van der Waals surface area contributed by atoms with Gasteiger partial charge < -0.3 is 15.2 Å². The van der Waals surface area contributed by atoms with Crippen molar-refractivity contribution in [3.8, 4) is 11.1 Å². The van der Waals surface area contributed by atoms with Crippen LogP contribution in [-0.4, -0.2) is 50.3 Å². The molecule has 1 unspecified atom stereocenters. The van der Waals surface area contributed by atoms with E-state index in [0.717, 1.165) is 30.4 Å².